The Balaban J connectivity index is 1.35. The molecule has 0 unspecified atom stereocenters. The van der Waals surface area contributed by atoms with E-state index in [1.165, 1.54) is 40.3 Å². The van der Waals surface area contributed by atoms with Crippen LogP contribution >= 0.6 is 22.7 Å². The van der Waals surface area contributed by atoms with Gasteiger partial charge in [-0.2, -0.15) is 0 Å². The van der Waals surface area contributed by atoms with Crippen molar-refractivity contribution in [3.05, 3.63) is 140 Å². The molecule has 4 heteroatoms. The van der Waals surface area contributed by atoms with Gasteiger partial charge in [0.1, 0.15) is 0 Å². The summed E-state index contributed by atoms with van der Waals surface area (Å²) in [5.41, 5.74) is 5.59. The van der Waals surface area contributed by atoms with Crippen LogP contribution in [0.2, 0.25) is 0 Å². The van der Waals surface area contributed by atoms with Crippen molar-refractivity contribution < 1.29 is 0 Å². The van der Waals surface area contributed by atoms with E-state index in [9.17, 15) is 0 Å². The Hall–Kier alpha value is -4.64. The van der Waals surface area contributed by atoms with Crippen LogP contribution in [0.15, 0.2) is 140 Å². The number of hydrogen-bond acceptors (Lipinski definition) is 4. The van der Waals surface area contributed by atoms with E-state index in [1.807, 2.05) is 22.7 Å². The number of hydrogen-bond donors (Lipinski definition) is 1. The van der Waals surface area contributed by atoms with Gasteiger partial charge in [-0.05, 0) is 66.7 Å². The Morgan fingerprint density at radius 2 is 1.00 bits per heavy atom. The molecule has 40 heavy (non-hydrogen) atoms. The third-order valence-corrected chi connectivity index (χ3v) is 9.68. The number of nitrogens with zero attached hydrogens (tertiary/aromatic N) is 1. The number of para-hydroxylation sites is 2. The van der Waals surface area contributed by atoms with E-state index >= 15 is 0 Å². The van der Waals surface area contributed by atoms with Crippen molar-refractivity contribution >= 4 is 91.5 Å². The third kappa shape index (κ3) is 3.92. The molecule has 0 aliphatic carbocycles. The van der Waals surface area contributed by atoms with Crippen molar-refractivity contribution in [2.45, 2.75) is 0 Å². The van der Waals surface area contributed by atoms with Gasteiger partial charge in [-0.3, -0.25) is 0 Å². The highest BCUT2D eigenvalue weighted by atomic mass is 32.1. The molecule has 0 saturated heterocycles. The average molecular weight is 549 g/mol. The molecule has 0 fully saturated rings. The van der Waals surface area contributed by atoms with E-state index < -0.39 is 0 Å². The van der Waals surface area contributed by atoms with E-state index in [0.29, 0.717) is 0 Å². The minimum Gasteiger partial charge on any atom is -0.355 e. The van der Waals surface area contributed by atoms with Gasteiger partial charge in [0.05, 0.1) is 0 Å². The van der Waals surface area contributed by atoms with Crippen LogP contribution in [0, 0.1) is 0 Å². The number of rotatable bonds is 5. The molecule has 0 aliphatic heterocycles. The molecule has 6 aromatic carbocycles. The zero-order valence-electron chi connectivity index (χ0n) is 21.5. The smallest absolute Gasteiger partial charge is 0.0499 e. The highest BCUT2D eigenvalue weighted by Gasteiger charge is 2.18. The number of nitrogens with one attached hydrogen (secondary N) is 1. The fourth-order valence-corrected chi connectivity index (χ4v) is 7.88. The van der Waals surface area contributed by atoms with Gasteiger partial charge in [-0.15, -0.1) is 22.7 Å². The van der Waals surface area contributed by atoms with Crippen LogP contribution in [0.5, 0.6) is 0 Å². The lowest BCUT2D eigenvalue weighted by Crippen LogP contribution is -2.10. The van der Waals surface area contributed by atoms with Crippen LogP contribution in [0.1, 0.15) is 0 Å². The van der Waals surface area contributed by atoms with Gasteiger partial charge in [0, 0.05) is 68.8 Å². The summed E-state index contributed by atoms with van der Waals surface area (Å²) < 4.78 is 5.19. The minimum atomic E-state index is 1.09. The predicted octanol–water partition coefficient (Wildman–Crippen LogP) is 11.6. The van der Waals surface area contributed by atoms with E-state index in [4.69, 9.17) is 0 Å². The van der Waals surface area contributed by atoms with Crippen molar-refractivity contribution in [1.82, 2.24) is 0 Å². The Labute approximate surface area is 240 Å². The van der Waals surface area contributed by atoms with Gasteiger partial charge < -0.3 is 10.2 Å². The lowest BCUT2D eigenvalue weighted by molar-refractivity contribution is 1.29. The maximum atomic E-state index is 3.85. The predicted molar refractivity (Wildman–Crippen MR) is 177 cm³/mol. The molecule has 2 nitrogen and oxygen atoms in total. The molecule has 2 aromatic heterocycles. The van der Waals surface area contributed by atoms with Gasteiger partial charge in [0.15, 0.2) is 0 Å². The van der Waals surface area contributed by atoms with Gasteiger partial charge in [-0.1, -0.05) is 72.8 Å². The molecule has 0 radical (unpaired) electrons. The van der Waals surface area contributed by atoms with E-state index in [0.717, 1.165) is 28.4 Å². The lowest BCUT2D eigenvalue weighted by Gasteiger charge is -2.26. The first kappa shape index (κ1) is 23.3. The molecular weight excluding hydrogens is 525 g/mol. The van der Waals surface area contributed by atoms with Gasteiger partial charge in [0.25, 0.3) is 0 Å². The lowest BCUT2D eigenvalue weighted by atomic mass is 10.1. The molecule has 0 atom stereocenters. The van der Waals surface area contributed by atoms with Gasteiger partial charge in [0.2, 0.25) is 0 Å². The number of fused-ring (bicyclic) bond motifs is 6. The van der Waals surface area contributed by atoms with E-state index in [2.05, 4.69) is 150 Å². The van der Waals surface area contributed by atoms with Crippen LogP contribution in [0.4, 0.5) is 28.4 Å². The van der Waals surface area contributed by atoms with Crippen molar-refractivity contribution in [2.24, 2.45) is 0 Å². The molecule has 0 bridgehead atoms. The second kappa shape index (κ2) is 9.53. The fourth-order valence-electron chi connectivity index (χ4n) is 5.63. The Morgan fingerprint density at radius 3 is 1.73 bits per heavy atom. The standard InChI is InChI=1S/C36H24N2S2/c1-3-11-25(12-4-1)38(26-13-5-2-6-14-26)27-22-31(36-29-16-8-10-18-33(29)40-35(36)23-27)37-24-19-20-34-30(21-24)28-15-7-9-17-32(28)39-34/h1-23,37H. The highest BCUT2D eigenvalue weighted by Crippen LogP contribution is 2.45. The first-order valence-corrected chi connectivity index (χ1v) is 15.0. The second-order valence-corrected chi connectivity index (χ2v) is 12.1. The molecule has 0 saturated carbocycles. The first-order chi connectivity index (χ1) is 19.8. The molecule has 0 aliphatic rings. The largest absolute Gasteiger partial charge is 0.355 e. The van der Waals surface area contributed by atoms with Gasteiger partial charge in [-0.25, -0.2) is 0 Å². The van der Waals surface area contributed by atoms with Crippen LogP contribution < -0.4 is 10.2 Å². The van der Waals surface area contributed by atoms with Gasteiger partial charge >= 0.3 is 0 Å². The zero-order valence-corrected chi connectivity index (χ0v) is 23.2. The maximum Gasteiger partial charge on any atom is 0.0499 e. The van der Waals surface area contributed by atoms with Crippen LogP contribution in [0.25, 0.3) is 40.3 Å². The maximum absolute atomic E-state index is 3.85. The molecule has 0 spiro atoms. The van der Waals surface area contributed by atoms with Crippen LogP contribution in [-0.2, 0) is 0 Å². The average Bonchev–Trinajstić information content (AvgIpc) is 3.57. The van der Waals surface area contributed by atoms with Crippen LogP contribution in [0.3, 0.4) is 0 Å². The number of benzene rings is 6. The summed E-state index contributed by atoms with van der Waals surface area (Å²) in [6, 6.07) is 50.0. The summed E-state index contributed by atoms with van der Waals surface area (Å²) in [6.45, 7) is 0. The molecule has 190 valence electrons. The molecule has 2 heterocycles. The molecular formula is C36H24N2S2. The molecule has 8 rings (SSSR count). The van der Waals surface area contributed by atoms with Crippen molar-refractivity contribution in [1.29, 1.82) is 0 Å². The summed E-state index contributed by atoms with van der Waals surface area (Å²) in [5, 5.41) is 9.01. The quantitative estimate of drug-likeness (QED) is 0.230. The molecule has 8 aromatic rings. The molecule has 0 amide bonds. The van der Waals surface area contributed by atoms with Crippen LogP contribution in [-0.4, -0.2) is 0 Å². The summed E-state index contributed by atoms with van der Waals surface area (Å²) in [4.78, 5) is 2.34. The summed E-state index contributed by atoms with van der Waals surface area (Å²) >= 11 is 3.70. The van der Waals surface area contributed by atoms with Crippen molar-refractivity contribution in [2.75, 3.05) is 10.2 Å². The number of thiophene rings is 2. The number of anilines is 5. The third-order valence-electron chi connectivity index (χ3n) is 7.41. The Morgan fingerprint density at radius 1 is 0.425 bits per heavy atom. The second-order valence-electron chi connectivity index (χ2n) is 9.91. The summed E-state index contributed by atoms with van der Waals surface area (Å²) in [5.74, 6) is 0. The summed E-state index contributed by atoms with van der Waals surface area (Å²) in [6.07, 6.45) is 0. The fraction of sp³-hybridized carbons (Fsp3) is 0. The first-order valence-electron chi connectivity index (χ1n) is 13.4. The summed E-state index contributed by atoms with van der Waals surface area (Å²) in [7, 11) is 0. The zero-order chi connectivity index (χ0) is 26.5. The van der Waals surface area contributed by atoms with E-state index in [1.54, 1.807) is 0 Å². The highest BCUT2D eigenvalue weighted by molar-refractivity contribution is 7.26. The topological polar surface area (TPSA) is 15.3 Å². The van der Waals surface area contributed by atoms with Crippen molar-refractivity contribution in [3.8, 4) is 0 Å². The van der Waals surface area contributed by atoms with E-state index in [-0.39, 0.29) is 0 Å². The Bertz CT molecular complexity index is 2100. The Kier molecular flexibility index (Phi) is 5.54. The monoisotopic (exact) mass is 548 g/mol. The SMILES string of the molecule is c1ccc(N(c2ccccc2)c2cc(Nc3ccc4sc5ccccc5c4c3)c3c(c2)sc2ccccc23)cc1. The van der Waals surface area contributed by atoms with Crippen molar-refractivity contribution in [3.63, 3.8) is 0 Å². The molecule has 1 N–H and O–H groups in total. The normalized spacial score (nSPS) is 11.5. The minimum absolute atomic E-state index is 1.09.